The number of thioether (sulfide) groups is 1. The van der Waals surface area contributed by atoms with Gasteiger partial charge in [-0.1, -0.05) is 42.1 Å². The Bertz CT molecular complexity index is 933. The van der Waals surface area contributed by atoms with E-state index >= 15 is 0 Å². The van der Waals surface area contributed by atoms with Crippen LogP contribution in [-0.2, 0) is 16.0 Å². The van der Waals surface area contributed by atoms with Gasteiger partial charge in [0.05, 0.1) is 12.4 Å². The number of hydrogen-bond acceptors (Lipinski definition) is 5. The predicted octanol–water partition coefficient (Wildman–Crippen LogP) is 2.61. The third kappa shape index (κ3) is 3.81. The summed E-state index contributed by atoms with van der Waals surface area (Å²) in [5.41, 5.74) is 6.69. The van der Waals surface area contributed by atoms with Gasteiger partial charge in [-0.25, -0.2) is 0 Å². The number of anilines is 1. The number of methoxy groups -OCH3 is 1. The van der Waals surface area contributed by atoms with Crippen LogP contribution >= 0.6 is 11.8 Å². The van der Waals surface area contributed by atoms with Gasteiger partial charge in [-0.2, -0.15) is 5.26 Å². The van der Waals surface area contributed by atoms with Gasteiger partial charge in [0.15, 0.2) is 0 Å². The average Bonchev–Trinajstić information content (AvgIpc) is 2.99. The molecule has 2 amide bonds. The quantitative estimate of drug-likeness (QED) is 0.636. The molecule has 136 valence electrons. The topological polar surface area (TPSA) is 96.4 Å². The van der Waals surface area contributed by atoms with Crippen molar-refractivity contribution in [1.82, 2.24) is 0 Å². The van der Waals surface area contributed by atoms with Crippen molar-refractivity contribution in [2.24, 2.45) is 5.73 Å². The molecule has 0 aromatic heterocycles. The van der Waals surface area contributed by atoms with Gasteiger partial charge >= 0.3 is 0 Å². The lowest BCUT2D eigenvalue weighted by Gasteiger charge is -2.18. The first kappa shape index (κ1) is 18.5. The van der Waals surface area contributed by atoms with Crippen molar-refractivity contribution in [3.05, 3.63) is 70.8 Å². The monoisotopic (exact) mass is 379 g/mol. The maximum Gasteiger partial charge on any atom is 0.262 e. The number of benzene rings is 2. The van der Waals surface area contributed by atoms with Gasteiger partial charge in [0, 0.05) is 5.69 Å². The zero-order valence-corrected chi connectivity index (χ0v) is 15.4. The Morgan fingerprint density at radius 2 is 1.89 bits per heavy atom. The summed E-state index contributed by atoms with van der Waals surface area (Å²) in [6.07, 6.45) is 0.456. The molecule has 6 nitrogen and oxygen atoms in total. The Morgan fingerprint density at radius 3 is 2.44 bits per heavy atom. The zero-order valence-electron chi connectivity index (χ0n) is 14.6. The Labute approximate surface area is 161 Å². The van der Waals surface area contributed by atoms with E-state index in [1.807, 2.05) is 36.4 Å². The number of hydrogen-bond donors (Lipinski definition) is 1. The van der Waals surface area contributed by atoms with Crippen molar-refractivity contribution in [3.8, 4) is 11.8 Å². The van der Waals surface area contributed by atoms with Crippen LogP contribution in [0.2, 0.25) is 0 Å². The third-order valence-electron chi connectivity index (χ3n) is 4.12. The zero-order chi connectivity index (χ0) is 19.4. The number of nitrogens with zero attached hydrogens (tertiary/aromatic N) is 2. The van der Waals surface area contributed by atoms with Crippen LogP contribution in [0.1, 0.15) is 5.56 Å². The summed E-state index contributed by atoms with van der Waals surface area (Å²) in [4.78, 5) is 26.2. The number of amides is 2. The van der Waals surface area contributed by atoms with E-state index in [1.165, 1.54) is 16.7 Å². The highest BCUT2D eigenvalue weighted by atomic mass is 32.2. The van der Waals surface area contributed by atoms with Crippen molar-refractivity contribution in [1.29, 1.82) is 5.26 Å². The Morgan fingerprint density at radius 1 is 1.22 bits per heavy atom. The molecule has 1 aliphatic heterocycles. The molecule has 7 heteroatoms. The average molecular weight is 379 g/mol. The maximum atomic E-state index is 13.1. The SMILES string of the molecule is COc1ccc(CC2S/C(=C(/C#N)C(N)=O)N(c3ccccc3)C2=O)cc1. The van der Waals surface area contributed by atoms with Gasteiger partial charge in [-0.05, 0) is 36.2 Å². The number of nitriles is 1. The van der Waals surface area contributed by atoms with Gasteiger partial charge in [0.1, 0.15) is 22.4 Å². The standard InChI is InChI=1S/C20H17N3O3S/c1-26-15-9-7-13(8-10-15)11-17-19(25)23(14-5-3-2-4-6-14)20(27-17)16(12-21)18(22)24/h2-10,17H,11H2,1H3,(H2,22,24)/b20-16-. The normalized spacial score (nSPS) is 18.1. The fraction of sp³-hybridized carbons (Fsp3) is 0.150. The van der Waals surface area contributed by atoms with E-state index in [2.05, 4.69) is 0 Å². The summed E-state index contributed by atoms with van der Waals surface area (Å²) in [6.45, 7) is 0. The fourth-order valence-corrected chi connectivity index (χ4v) is 4.10. The van der Waals surface area contributed by atoms with E-state index in [0.717, 1.165) is 11.3 Å². The van der Waals surface area contributed by atoms with Crippen LogP contribution in [-0.4, -0.2) is 24.2 Å². The van der Waals surface area contributed by atoms with E-state index in [-0.39, 0.29) is 16.5 Å². The molecule has 27 heavy (non-hydrogen) atoms. The molecule has 0 spiro atoms. The summed E-state index contributed by atoms with van der Waals surface area (Å²) in [6, 6.07) is 18.2. The van der Waals surface area contributed by atoms with Gasteiger partial charge in [0.2, 0.25) is 5.91 Å². The molecule has 2 aromatic rings. The number of carbonyl (C=O) groups is 2. The number of para-hydroxylation sites is 1. The maximum absolute atomic E-state index is 13.1. The number of nitrogens with two attached hydrogens (primary N) is 1. The minimum atomic E-state index is -0.848. The summed E-state index contributed by atoms with van der Waals surface area (Å²) in [5, 5.41) is 9.18. The van der Waals surface area contributed by atoms with Crippen molar-refractivity contribution in [3.63, 3.8) is 0 Å². The smallest absolute Gasteiger partial charge is 0.262 e. The van der Waals surface area contributed by atoms with E-state index in [4.69, 9.17) is 10.5 Å². The minimum Gasteiger partial charge on any atom is -0.497 e. The lowest BCUT2D eigenvalue weighted by atomic mass is 10.1. The molecule has 0 saturated carbocycles. The van der Waals surface area contributed by atoms with Crippen molar-refractivity contribution in [2.75, 3.05) is 12.0 Å². The number of rotatable bonds is 5. The number of ether oxygens (including phenoxy) is 1. The fourth-order valence-electron chi connectivity index (χ4n) is 2.79. The molecule has 0 bridgehead atoms. The number of primary amides is 1. The highest BCUT2D eigenvalue weighted by molar-refractivity contribution is 8.05. The van der Waals surface area contributed by atoms with E-state index in [9.17, 15) is 14.9 Å². The summed E-state index contributed by atoms with van der Waals surface area (Å²) < 4.78 is 5.15. The van der Waals surface area contributed by atoms with Gasteiger partial charge < -0.3 is 10.5 Å². The van der Waals surface area contributed by atoms with Crippen LogP contribution in [0.5, 0.6) is 5.75 Å². The lowest BCUT2D eigenvalue weighted by Crippen LogP contribution is -2.30. The van der Waals surface area contributed by atoms with Crippen LogP contribution in [0, 0.1) is 11.3 Å². The number of carbonyl (C=O) groups excluding carboxylic acids is 2. The van der Waals surface area contributed by atoms with Crippen LogP contribution < -0.4 is 15.4 Å². The molecule has 1 saturated heterocycles. The molecular weight excluding hydrogens is 362 g/mol. The van der Waals surface area contributed by atoms with Crippen molar-refractivity contribution < 1.29 is 14.3 Å². The van der Waals surface area contributed by atoms with Crippen LogP contribution in [0.3, 0.4) is 0 Å². The Balaban J connectivity index is 1.97. The van der Waals surface area contributed by atoms with Gasteiger partial charge in [0.25, 0.3) is 5.91 Å². The molecule has 1 heterocycles. The largest absolute Gasteiger partial charge is 0.497 e. The van der Waals surface area contributed by atoms with Crippen molar-refractivity contribution >= 4 is 29.3 Å². The van der Waals surface area contributed by atoms with E-state index < -0.39 is 11.2 Å². The Kier molecular flexibility index (Phi) is 5.48. The van der Waals surface area contributed by atoms with Gasteiger partial charge in [-0.3, -0.25) is 14.5 Å². The predicted molar refractivity (Wildman–Crippen MR) is 104 cm³/mol. The third-order valence-corrected chi connectivity index (χ3v) is 5.38. The lowest BCUT2D eigenvalue weighted by molar-refractivity contribution is -0.117. The molecule has 1 fully saturated rings. The highest BCUT2D eigenvalue weighted by Crippen LogP contribution is 2.41. The molecule has 0 aliphatic carbocycles. The first-order valence-corrected chi connectivity index (χ1v) is 9.06. The first-order chi connectivity index (χ1) is 13.0. The Hall–Kier alpha value is -3.24. The van der Waals surface area contributed by atoms with Crippen LogP contribution in [0.4, 0.5) is 5.69 Å². The molecule has 0 radical (unpaired) electrons. The summed E-state index contributed by atoms with van der Waals surface area (Å²) in [5.74, 6) is -0.305. The molecule has 1 atom stereocenters. The van der Waals surface area contributed by atoms with E-state index in [1.54, 1.807) is 31.4 Å². The highest BCUT2D eigenvalue weighted by Gasteiger charge is 2.40. The summed E-state index contributed by atoms with van der Waals surface area (Å²) in [7, 11) is 1.59. The molecule has 2 N–H and O–H groups in total. The second-order valence-corrected chi connectivity index (χ2v) is 7.02. The van der Waals surface area contributed by atoms with E-state index in [0.29, 0.717) is 12.1 Å². The second kappa shape index (κ2) is 7.98. The molecular formula is C20H17N3O3S. The molecule has 3 rings (SSSR count). The minimum absolute atomic E-state index is 0.189. The second-order valence-electron chi connectivity index (χ2n) is 5.82. The summed E-state index contributed by atoms with van der Waals surface area (Å²) >= 11 is 1.19. The van der Waals surface area contributed by atoms with Crippen molar-refractivity contribution in [2.45, 2.75) is 11.7 Å². The van der Waals surface area contributed by atoms with Crippen LogP contribution in [0.25, 0.3) is 0 Å². The first-order valence-electron chi connectivity index (χ1n) is 8.18. The van der Waals surface area contributed by atoms with Crippen LogP contribution in [0.15, 0.2) is 65.2 Å². The van der Waals surface area contributed by atoms with Gasteiger partial charge in [-0.15, -0.1) is 0 Å². The molecule has 2 aromatic carbocycles. The molecule has 1 aliphatic rings. The molecule has 1 unspecified atom stereocenters.